The van der Waals surface area contributed by atoms with E-state index in [4.69, 9.17) is 23.2 Å². The molecule has 0 aromatic heterocycles. The van der Waals surface area contributed by atoms with Crippen molar-refractivity contribution in [2.24, 2.45) is 0 Å². The molecule has 0 unspecified atom stereocenters. The fourth-order valence-corrected chi connectivity index (χ4v) is 1.22. The van der Waals surface area contributed by atoms with Crippen LogP contribution in [-0.2, 0) is 21.1 Å². The van der Waals surface area contributed by atoms with E-state index >= 15 is 0 Å². The maximum absolute atomic E-state index is 5.77. The van der Waals surface area contributed by atoms with E-state index in [1.54, 1.807) is 0 Å². The first-order valence-corrected chi connectivity index (χ1v) is 4.18. The van der Waals surface area contributed by atoms with E-state index in [0.717, 1.165) is 19.3 Å². The van der Waals surface area contributed by atoms with Crippen molar-refractivity contribution < 1.29 is 21.1 Å². The molecule has 11 heavy (non-hydrogen) atoms. The Morgan fingerprint density at radius 3 is 2.73 bits per heavy atom. The number of rotatable bonds is 0. The second kappa shape index (κ2) is 6.28. The van der Waals surface area contributed by atoms with E-state index in [1.165, 1.54) is 6.42 Å². The van der Waals surface area contributed by atoms with E-state index in [1.807, 2.05) is 6.08 Å². The summed E-state index contributed by atoms with van der Waals surface area (Å²) >= 11 is 11.5. The van der Waals surface area contributed by atoms with Crippen molar-refractivity contribution in [2.75, 3.05) is 0 Å². The Bertz CT molecular complexity index is 153. The second-order valence-electron chi connectivity index (χ2n) is 2.29. The summed E-state index contributed by atoms with van der Waals surface area (Å²) < 4.78 is 0. The van der Waals surface area contributed by atoms with Crippen LogP contribution in [0.3, 0.4) is 0 Å². The molecule has 0 aromatic rings. The summed E-state index contributed by atoms with van der Waals surface area (Å²) in [5.41, 5.74) is 0. The molecule has 0 atom stereocenters. The molecule has 0 spiro atoms. The van der Waals surface area contributed by atoms with Gasteiger partial charge in [-0.25, -0.2) is 11.6 Å². The molecule has 66 valence electrons. The van der Waals surface area contributed by atoms with E-state index in [-0.39, 0.29) is 21.1 Å². The average Bonchev–Trinajstić information content (AvgIpc) is 1.92. The van der Waals surface area contributed by atoms with Crippen LogP contribution < -0.4 is 0 Å². The summed E-state index contributed by atoms with van der Waals surface area (Å²) in [6.45, 7) is 0. The molecule has 0 radical (unpaired) electrons. The molecule has 0 heterocycles. The Balaban J connectivity index is 0.000001000. The van der Waals surface area contributed by atoms with Gasteiger partial charge in [-0.05, 0) is 6.42 Å². The molecule has 0 N–H and O–H groups in total. The minimum atomic E-state index is 0. The van der Waals surface area contributed by atoms with Crippen molar-refractivity contribution in [3.63, 3.8) is 0 Å². The SMILES string of the molecule is ClC1=[C-]CCCCC=C1Cl.[Pt]. The largest absolute Gasteiger partial charge is 0.254 e. The van der Waals surface area contributed by atoms with Gasteiger partial charge in [-0.1, -0.05) is 17.9 Å². The third-order valence-corrected chi connectivity index (χ3v) is 2.22. The smallest absolute Gasteiger partial charge is 0 e. The molecule has 1 aliphatic carbocycles. The summed E-state index contributed by atoms with van der Waals surface area (Å²) in [6, 6.07) is 0. The molecule has 3 heteroatoms. The zero-order chi connectivity index (χ0) is 7.40. The minimum absolute atomic E-state index is 0. The van der Waals surface area contributed by atoms with Crippen LogP contribution in [0.4, 0.5) is 0 Å². The molecular weight excluding hydrogens is 362 g/mol. The molecule has 0 bridgehead atoms. The molecule has 0 amide bonds. The van der Waals surface area contributed by atoms with Crippen LogP contribution in [-0.4, -0.2) is 0 Å². The first-order chi connectivity index (χ1) is 4.80. The van der Waals surface area contributed by atoms with Gasteiger partial charge in [0.15, 0.2) is 0 Å². The van der Waals surface area contributed by atoms with Gasteiger partial charge in [-0.15, -0.1) is 29.1 Å². The summed E-state index contributed by atoms with van der Waals surface area (Å²) in [4.78, 5) is 0. The van der Waals surface area contributed by atoms with E-state index in [0.29, 0.717) is 10.1 Å². The Morgan fingerprint density at radius 1 is 1.27 bits per heavy atom. The van der Waals surface area contributed by atoms with Gasteiger partial charge in [0.05, 0.1) is 0 Å². The van der Waals surface area contributed by atoms with Gasteiger partial charge < -0.3 is 0 Å². The first kappa shape index (κ1) is 11.7. The second-order valence-corrected chi connectivity index (χ2v) is 3.07. The molecule has 0 nitrogen and oxygen atoms in total. The Morgan fingerprint density at radius 2 is 2.00 bits per heavy atom. The van der Waals surface area contributed by atoms with Crippen molar-refractivity contribution in [1.82, 2.24) is 0 Å². The van der Waals surface area contributed by atoms with E-state index in [9.17, 15) is 0 Å². The molecule has 0 saturated heterocycles. The molecular formula is C8H9Cl2Pt-. The van der Waals surface area contributed by atoms with Crippen molar-refractivity contribution >= 4 is 23.2 Å². The summed E-state index contributed by atoms with van der Waals surface area (Å²) in [5, 5.41) is 1.24. The number of allylic oxidation sites excluding steroid dienone is 4. The molecule has 0 saturated carbocycles. The van der Waals surface area contributed by atoms with E-state index in [2.05, 4.69) is 6.08 Å². The van der Waals surface area contributed by atoms with Crippen LogP contribution in [0.25, 0.3) is 0 Å². The van der Waals surface area contributed by atoms with Gasteiger partial charge >= 0.3 is 0 Å². The van der Waals surface area contributed by atoms with Gasteiger partial charge in [0.2, 0.25) is 0 Å². The fourth-order valence-electron chi connectivity index (χ4n) is 0.870. The van der Waals surface area contributed by atoms with Gasteiger partial charge in [-0.3, -0.25) is 6.08 Å². The Labute approximate surface area is 91.9 Å². The van der Waals surface area contributed by atoms with Gasteiger partial charge in [0.25, 0.3) is 0 Å². The number of hydrogen-bond donors (Lipinski definition) is 0. The zero-order valence-electron chi connectivity index (χ0n) is 5.98. The predicted molar refractivity (Wildman–Crippen MR) is 45.0 cm³/mol. The number of hydrogen-bond acceptors (Lipinski definition) is 0. The summed E-state index contributed by atoms with van der Waals surface area (Å²) in [7, 11) is 0. The quantitative estimate of drug-likeness (QED) is 0.571. The van der Waals surface area contributed by atoms with Crippen LogP contribution in [0.15, 0.2) is 16.1 Å². The normalized spacial score (nSPS) is 18.7. The molecule has 0 aromatic carbocycles. The van der Waals surface area contributed by atoms with Gasteiger partial charge in [0.1, 0.15) is 0 Å². The third-order valence-electron chi connectivity index (χ3n) is 1.44. The van der Waals surface area contributed by atoms with Gasteiger partial charge in [0, 0.05) is 21.1 Å². The topological polar surface area (TPSA) is 0 Å². The van der Waals surface area contributed by atoms with Crippen molar-refractivity contribution in [3.05, 3.63) is 22.2 Å². The van der Waals surface area contributed by atoms with E-state index < -0.39 is 0 Å². The predicted octanol–water partition coefficient (Wildman–Crippen LogP) is 3.61. The maximum atomic E-state index is 5.77. The first-order valence-electron chi connectivity index (χ1n) is 3.43. The summed E-state index contributed by atoms with van der Waals surface area (Å²) in [6.07, 6.45) is 9.29. The minimum Gasteiger partial charge on any atom is -0.254 e. The Kier molecular flexibility index (Phi) is 6.71. The van der Waals surface area contributed by atoms with Crippen molar-refractivity contribution in [2.45, 2.75) is 25.7 Å². The third kappa shape index (κ3) is 4.35. The van der Waals surface area contributed by atoms with Crippen LogP contribution in [0.5, 0.6) is 0 Å². The average molecular weight is 371 g/mol. The molecule has 1 rings (SSSR count). The van der Waals surface area contributed by atoms with Crippen molar-refractivity contribution in [1.29, 1.82) is 0 Å². The molecule has 0 fully saturated rings. The van der Waals surface area contributed by atoms with Crippen LogP contribution in [0.2, 0.25) is 0 Å². The van der Waals surface area contributed by atoms with Crippen LogP contribution >= 0.6 is 23.2 Å². The standard InChI is InChI=1S/C8H9Cl2.Pt/c9-7-5-3-1-2-4-6-8(7)10;/h5H,1-4H2;/q-1;. The maximum Gasteiger partial charge on any atom is 0 e. The van der Waals surface area contributed by atoms with Crippen LogP contribution in [0, 0.1) is 6.08 Å². The fraction of sp³-hybridized carbons (Fsp3) is 0.500. The van der Waals surface area contributed by atoms with Crippen LogP contribution in [0.1, 0.15) is 25.7 Å². The molecule has 1 aliphatic rings. The van der Waals surface area contributed by atoms with Gasteiger partial charge in [-0.2, -0.15) is 0 Å². The summed E-state index contributed by atoms with van der Waals surface area (Å²) in [5.74, 6) is 0. The molecule has 0 aliphatic heterocycles. The number of halogens is 2. The Hall–Kier alpha value is 0.748. The van der Waals surface area contributed by atoms with Crippen molar-refractivity contribution in [3.8, 4) is 0 Å². The monoisotopic (exact) mass is 370 g/mol. The zero-order valence-corrected chi connectivity index (χ0v) is 9.76.